The van der Waals surface area contributed by atoms with E-state index in [1.807, 2.05) is 55.3 Å². The summed E-state index contributed by atoms with van der Waals surface area (Å²) < 4.78 is 11.0. The van der Waals surface area contributed by atoms with Crippen molar-refractivity contribution in [3.63, 3.8) is 0 Å². The average molecular weight is 450 g/mol. The predicted octanol–water partition coefficient (Wildman–Crippen LogP) is 3.40. The second-order valence-electron chi connectivity index (χ2n) is 8.44. The van der Waals surface area contributed by atoms with Gasteiger partial charge in [0.1, 0.15) is 17.2 Å². The van der Waals surface area contributed by atoms with Gasteiger partial charge in [0.05, 0.1) is 25.0 Å². The van der Waals surface area contributed by atoms with E-state index in [9.17, 15) is 9.59 Å². The van der Waals surface area contributed by atoms with E-state index in [-0.39, 0.29) is 17.9 Å². The summed E-state index contributed by atoms with van der Waals surface area (Å²) in [5.41, 5.74) is 2.01. The quantitative estimate of drug-likeness (QED) is 0.604. The van der Waals surface area contributed by atoms with Gasteiger partial charge in [-0.25, -0.2) is 4.90 Å². The van der Waals surface area contributed by atoms with Crippen LogP contribution >= 0.6 is 0 Å². The number of carbonyl (C=O) groups is 2. The van der Waals surface area contributed by atoms with Gasteiger partial charge >= 0.3 is 0 Å². The van der Waals surface area contributed by atoms with Crippen molar-refractivity contribution in [2.45, 2.75) is 25.8 Å². The molecule has 4 rings (SSSR count). The number of imide groups is 1. The highest BCUT2D eigenvalue weighted by molar-refractivity contribution is 6.45. The first-order valence-corrected chi connectivity index (χ1v) is 11.4. The molecule has 0 spiro atoms. The standard InChI is InChI=1S/C26H31N3O4/c1-5-33-22-9-7-6-8-21(22)29-25(30)23(18-10-12-20(32-4)13-11-18)24(26(29)31)28(3)19-14-16-27(2)17-15-19/h6-13,19H,5,14-17H2,1-4H3. The van der Waals surface area contributed by atoms with Gasteiger partial charge in [-0.1, -0.05) is 24.3 Å². The van der Waals surface area contributed by atoms with Gasteiger partial charge in [0.15, 0.2) is 0 Å². The molecule has 0 atom stereocenters. The molecule has 2 aromatic rings. The molecule has 0 aliphatic carbocycles. The topological polar surface area (TPSA) is 62.3 Å². The van der Waals surface area contributed by atoms with Gasteiger partial charge in [0, 0.05) is 13.1 Å². The molecule has 7 heteroatoms. The lowest BCUT2D eigenvalue weighted by atomic mass is 10.00. The van der Waals surface area contributed by atoms with Gasteiger partial charge in [-0.2, -0.15) is 0 Å². The van der Waals surface area contributed by atoms with Crippen molar-refractivity contribution in [1.29, 1.82) is 0 Å². The van der Waals surface area contributed by atoms with Gasteiger partial charge in [0.25, 0.3) is 11.8 Å². The fourth-order valence-corrected chi connectivity index (χ4v) is 4.57. The zero-order chi connectivity index (χ0) is 23.5. The fraction of sp³-hybridized carbons (Fsp3) is 0.385. The molecule has 2 aliphatic heterocycles. The van der Waals surface area contributed by atoms with E-state index >= 15 is 0 Å². The number of hydrogen-bond donors (Lipinski definition) is 0. The zero-order valence-electron chi connectivity index (χ0n) is 19.7. The minimum absolute atomic E-state index is 0.184. The maximum Gasteiger partial charge on any atom is 0.282 e. The number of amides is 2. The SMILES string of the molecule is CCOc1ccccc1N1C(=O)C(c2ccc(OC)cc2)=C(N(C)C2CCN(C)CC2)C1=O. The van der Waals surface area contributed by atoms with E-state index in [0.29, 0.717) is 40.6 Å². The van der Waals surface area contributed by atoms with Crippen LogP contribution in [0.4, 0.5) is 5.69 Å². The highest BCUT2D eigenvalue weighted by Gasteiger charge is 2.44. The molecule has 33 heavy (non-hydrogen) atoms. The van der Waals surface area contributed by atoms with Crippen LogP contribution < -0.4 is 14.4 Å². The number of ether oxygens (including phenoxy) is 2. The number of hydrogen-bond acceptors (Lipinski definition) is 6. The minimum atomic E-state index is -0.341. The number of rotatable bonds is 7. The summed E-state index contributed by atoms with van der Waals surface area (Å²) in [5.74, 6) is 0.547. The molecule has 0 aromatic heterocycles. The van der Waals surface area contributed by atoms with E-state index in [0.717, 1.165) is 25.9 Å². The first-order valence-electron chi connectivity index (χ1n) is 11.4. The molecule has 1 fully saturated rings. The fourth-order valence-electron chi connectivity index (χ4n) is 4.57. The van der Waals surface area contributed by atoms with Gasteiger partial charge in [-0.05, 0) is 69.7 Å². The number of likely N-dealkylation sites (tertiary alicyclic amines) is 1. The highest BCUT2D eigenvalue weighted by Crippen LogP contribution is 2.39. The van der Waals surface area contributed by atoms with Crippen molar-refractivity contribution in [3.05, 3.63) is 59.8 Å². The van der Waals surface area contributed by atoms with Gasteiger partial charge < -0.3 is 19.3 Å². The summed E-state index contributed by atoms with van der Waals surface area (Å²) in [7, 11) is 5.64. The summed E-state index contributed by atoms with van der Waals surface area (Å²) in [5, 5.41) is 0. The Hall–Kier alpha value is -3.32. The molecule has 2 aliphatic rings. The number of para-hydroxylation sites is 2. The number of methoxy groups -OCH3 is 1. The van der Waals surface area contributed by atoms with Crippen LogP contribution in [0.2, 0.25) is 0 Å². The highest BCUT2D eigenvalue weighted by atomic mass is 16.5. The Balaban J connectivity index is 1.79. The van der Waals surface area contributed by atoms with E-state index < -0.39 is 0 Å². The van der Waals surface area contributed by atoms with Crippen LogP contribution in [0.25, 0.3) is 5.57 Å². The molecule has 0 saturated carbocycles. The van der Waals surface area contributed by atoms with Gasteiger partial charge in [-0.3, -0.25) is 9.59 Å². The third kappa shape index (κ3) is 4.33. The van der Waals surface area contributed by atoms with Gasteiger partial charge in [-0.15, -0.1) is 0 Å². The largest absolute Gasteiger partial charge is 0.497 e. The van der Waals surface area contributed by atoms with Crippen LogP contribution in [-0.2, 0) is 9.59 Å². The van der Waals surface area contributed by atoms with E-state index in [2.05, 4.69) is 11.9 Å². The molecule has 0 unspecified atom stereocenters. The average Bonchev–Trinajstić information content (AvgIpc) is 3.09. The summed E-state index contributed by atoms with van der Waals surface area (Å²) in [6.45, 7) is 4.23. The van der Waals surface area contributed by atoms with Crippen molar-refractivity contribution in [2.75, 3.05) is 45.8 Å². The molecule has 0 N–H and O–H groups in total. The summed E-state index contributed by atoms with van der Waals surface area (Å²) in [6, 6.07) is 14.7. The Kier molecular flexibility index (Phi) is 6.70. The van der Waals surface area contributed by atoms with Crippen molar-refractivity contribution >= 4 is 23.1 Å². The lowest BCUT2D eigenvalue weighted by Crippen LogP contribution is -2.43. The van der Waals surface area contributed by atoms with Crippen molar-refractivity contribution in [2.24, 2.45) is 0 Å². The summed E-state index contributed by atoms with van der Waals surface area (Å²) >= 11 is 0. The normalized spacial score (nSPS) is 17.6. The second-order valence-corrected chi connectivity index (χ2v) is 8.44. The summed E-state index contributed by atoms with van der Waals surface area (Å²) in [6.07, 6.45) is 1.87. The molecular formula is C26H31N3O4. The number of anilines is 1. The lowest BCUT2D eigenvalue weighted by molar-refractivity contribution is -0.120. The molecule has 2 heterocycles. The second kappa shape index (κ2) is 9.67. The maximum atomic E-state index is 13.8. The third-order valence-corrected chi connectivity index (χ3v) is 6.43. The maximum absolute atomic E-state index is 13.8. The summed E-state index contributed by atoms with van der Waals surface area (Å²) in [4.78, 5) is 33.2. The third-order valence-electron chi connectivity index (χ3n) is 6.43. The predicted molar refractivity (Wildman–Crippen MR) is 128 cm³/mol. The van der Waals surface area contributed by atoms with Crippen LogP contribution in [0.1, 0.15) is 25.3 Å². The molecule has 1 saturated heterocycles. The molecule has 0 radical (unpaired) electrons. The molecular weight excluding hydrogens is 418 g/mol. The van der Waals surface area contributed by atoms with Crippen LogP contribution in [-0.4, -0.2) is 68.6 Å². The van der Waals surface area contributed by atoms with Crippen molar-refractivity contribution in [3.8, 4) is 11.5 Å². The smallest absolute Gasteiger partial charge is 0.282 e. The number of carbonyl (C=O) groups excluding carboxylic acids is 2. The minimum Gasteiger partial charge on any atom is -0.497 e. The molecule has 2 amide bonds. The Labute approximate surface area is 195 Å². The van der Waals surface area contributed by atoms with E-state index in [4.69, 9.17) is 9.47 Å². The number of benzene rings is 2. The molecule has 0 bridgehead atoms. The van der Waals surface area contributed by atoms with Crippen molar-refractivity contribution in [1.82, 2.24) is 9.80 Å². The van der Waals surface area contributed by atoms with E-state index in [1.165, 1.54) is 4.90 Å². The lowest BCUT2D eigenvalue weighted by Gasteiger charge is -2.36. The van der Waals surface area contributed by atoms with Crippen LogP contribution in [0.5, 0.6) is 11.5 Å². The van der Waals surface area contributed by atoms with E-state index in [1.54, 1.807) is 19.2 Å². The van der Waals surface area contributed by atoms with Crippen LogP contribution in [0.3, 0.4) is 0 Å². The number of likely N-dealkylation sites (N-methyl/N-ethyl adjacent to an activating group) is 1. The Morgan fingerprint density at radius 3 is 2.30 bits per heavy atom. The van der Waals surface area contributed by atoms with Crippen LogP contribution in [0.15, 0.2) is 54.2 Å². The molecule has 174 valence electrons. The Bertz CT molecular complexity index is 1060. The van der Waals surface area contributed by atoms with Crippen molar-refractivity contribution < 1.29 is 19.1 Å². The monoisotopic (exact) mass is 449 g/mol. The molecule has 2 aromatic carbocycles. The van der Waals surface area contributed by atoms with Crippen LogP contribution in [0, 0.1) is 0 Å². The first kappa shape index (κ1) is 22.9. The number of piperidine rings is 1. The number of nitrogens with zero attached hydrogens (tertiary/aromatic N) is 3. The molecule has 7 nitrogen and oxygen atoms in total. The Morgan fingerprint density at radius 2 is 1.67 bits per heavy atom. The zero-order valence-corrected chi connectivity index (χ0v) is 19.7. The van der Waals surface area contributed by atoms with Gasteiger partial charge in [0.2, 0.25) is 0 Å². The Morgan fingerprint density at radius 1 is 1.00 bits per heavy atom. The first-order chi connectivity index (χ1) is 16.0.